The zero-order valence-corrected chi connectivity index (χ0v) is 22.7. The van der Waals surface area contributed by atoms with Crippen LogP contribution < -0.4 is 29.7 Å². The number of H-pyrrole nitrogens is 1. The molecule has 6 rings (SSSR count). The van der Waals surface area contributed by atoms with Gasteiger partial charge < -0.3 is 34.9 Å². The summed E-state index contributed by atoms with van der Waals surface area (Å²) in [5, 5.41) is 7.29. The highest BCUT2D eigenvalue weighted by Gasteiger charge is 2.33. The molecule has 2 aliphatic rings. The van der Waals surface area contributed by atoms with Crippen LogP contribution in [0.5, 0.6) is 11.5 Å². The van der Waals surface area contributed by atoms with Gasteiger partial charge >= 0.3 is 0 Å². The first kappa shape index (κ1) is 25.1. The van der Waals surface area contributed by atoms with Crippen molar-refractivity contribution in [3.05, 3.63) is 48.7 Å². The molecule has 0 spiro atoms. The molecule has 4 N–H and O–H groups in total. The number of aromatic amines is 1. The molecule has 12 nitrogen and oxygen atoms in total. The molecule has 39 heavy (non-hydrogen) atoms. The fourth-order valence-electron chi connectivity index (χ4n) is 5.03. The highest BCUT2D eigenvalue weighted by molar-refractivity contribution is 7.92. The number of likely N-dealkylation sites (N-methyl/N-ethyl adjacent to an activating group) is 1. The first-order valence-corrected chi connectivity index (χ1v) is 14.4. The second kappa shape index (κ2) is 9.82. The molecule has 13 heteroatoms. The lowest BCUT2D eigenvalue weighted by Crippen LogP contribution is -2.56. The van der Waals surface area contributed by atoms with E-state index in [2.05, 4.69) is 42.2 Å². The number of hydrogen-bond acceptors (Lipinski definition) is 10. The molecular formula is C26H30N8O4S. The number of benzene rings is 2. The summed E-state index contributed by atoms with van der Waals surface area (Å²) in [5.74, 6) is 2.25. The van der Waals surface area contributed by atoms with Crippen LogP contribution in [0.1, 0.15) is 0 Å². The standard InChI is InChI=1S/C26H30N8O4S/c1-33-10-11-34-16(14-33)15-38-23-12-20(22(37-2)13-21(23)34)29-26-30-24-17(8-9-27-24)25(31-26)28-18-6-4-5-7-19(18)32-39(3,35)36/h4-9,12-13,16,32H,10-11,14-15H2,1-3H3,(H3,27,28,29,30,31)/t16-/m1/s1. The van der Waals surface area contributed by atoms with Crippen LogP contribution in [0.3, 0.4) is 0 Å². The van der Waals surface area contributed by atoms with Gasteiger partial charge in [-0.3, -0.25) is 4.72 Å². The number of sulfonamides is 1. The average molecular weight is 551 g/mol. The third-order valence-electron chi connectivity index (χ3n) is 6.85. The topological polar surface area (TPSA) is 137 Å². The van der Waals surface area contributed by atoms with E-state index in [0.29, 0.717) is 52.9 Å². The number of piperazine rings is 1. The van der Waals surface area contributed by atoms with Crippen molar-refractivity contribution in [1.82, 2.24) is 19.9 Å². The maximum Gasteiger partial charge on any atom is 0.231 e. The van der Waals surface area contributed by atoms with Crippen molar-refractivity contribution in [2.24, 2.45) is 0 Å². The van der Waals surface area contributed by atoms with Crippen molar-refractivity contribution >= 4 is 55.6 Å². The maximum atomic E-state index is 11.9. The number of rotatable bonds is 7. The van der Waals surface area contributed by atoms with Gasteiger partial charge in [0.25, 0.3) is 0 Å². The molecule has 1 fully saturated rings. The van der Waals surface area contributed by atoms with Crippen LogP contribution in [0.4, 0.5) is 34.5 Å². The molecule has 0 amide bonds. The Morgan fingerprint density at radius 1 is 1.08 bits per heavy atom. The van der Waals surface area contributed by atoms with E-state index in [4.69, 9.17) is 14.5 Å². The number of nitrogens with one attached hydrogen (secondary N) is 4. The molecule has 0 aliphatic carbocycles. The fraction of sp³-hybridized carbons (Fsp3) is 0.308. The fourth-order valence-corrected chi connectivity index (χ4v) is 5.61. The molecule has 2 aromatic heterocycles. The number of fused-ring (bicyclic) bond motifs is 4. The molecule has 0 bridgehead atoms. The third kappa shape index (κ3) is 5.10. The Bertz CT molecular complexity index is 1640. The van der Waals surface area contributed by atoms with Gasteiger partial charge in [0.2, 0.25) is 16.0 Å². The van der Waals surface area contributed by atoms with Gasteiger partial charge in [-0.2, -0.15) is 9.97 Å². The zero-order valence-electron chi connectivity index (χ0n) is 21.9. The molecule has 1 saturated heterocycles. The number of methoxy groups -OCH3 is 1. The minimum Gasteiger partial charge on any atom is -0.494 e. The first-order chi connectivity index (χ1) is 18.8. The Kier molecular flexibility index (Phi) is 6.31. The van der Waals surface area contributed by atoms with Gasteiger partial charge in [0.15, 0.2) is 0 Å². The van der Waals surface area contributed by atoms with Gasteiger partial charge in [-0.25, -0.2) is 8.42 Å². The van der Waals surface area contributed by atoms with Crippen molar-refractivity contribution in [2.45, 2.75) is 6.04 Å². The monoisotopic (exact) mass is 550 g/mol. The van der Waals surface area contributed by atoms with Crippen LogP contribution in [0, 0.1) is 0 Å². The van der Waals surface area contributed by atoms with Crippen LogP contribution in [-0.4, -0.2) is 81.0 Å². The first-order valence-electron chi connectivity index (χ1n) is 12.5. The minimum absolute atomic E-state index is 0.298. The highest BCUT2D eigenvalue weighted by atomic mass is 32.2. The number of ether oxygens (including phenoxy) is 2. The molecule has 4 heterocycles. The Morgan fingerprint density at radius 2 is 1.90 bits per heavy atom. The molecule has 1 atom stereocenters. The summed E-state index contributed by atoms with van der Waals surface area (Å²) in [7, 11) is 0.290. The third-order valence-corrected chi connectivity index (χ3v) is 7.44. The number of para-hydroxylation sites is 2. The molecule has 2 aliphatic heterocycles. The smallest absolute Gasteiger partial charge is 0.231 e. The highest BCUT2D eigenvalue weighted by Crippen LogP contribution is 2.43. The number of anilines is 6. The second-order valence-electron chi connectivity index (χ2n) is 9.75. The molecule has 2 aromatic carbocycles. The van der Waals surface area contributed by atoms with Gasteiger partial charge in [0.05, 0.1) is 47.5 Å². The van der Waals surface area contributed by atoms with Crippen LogP contribution in [-0.2, 0) is 10.0 Å². The largest absolute Gasteiger partial charge is 0.494 e. The van der Waals surface area contributed by atoms with Gasteiger partial charge in [-0.05, 0) is 25.2 Å². The normalized spacial score (nSPS) is 17.2. The van der Waals surface area contributed by atoms with Gasteiger partial charge in [-0.1, -0.05) is 12.1 Å². The maximum absolute atomic E-state index is 11.9. The quantitative estimate of drug-likeness (QED) is 0.271. The predicted molar refractivity (Wildman–Crippen MR) is 152 cm³/mol. The summed E-state index contributed by atoms with van der Waals surface area (Å²) in [6, 6.07) is 13.1. The zero-order chi connectivity index (χ0) is 27.1. The molecule has 204 valence electrons. The summed E-state index contributed by atoms with van der Waals surface area (Å²) in [6.45, 7) is 3.47. The summed E-state index contributed by atoms with van der Waals surface area (Å²) in [6.07, 6.45) is 2.88. The Labute approximate surface area is 226 Å². The van der Waals surface area contributed by atoms with Crippen molar-refractivity contribution < 1.29 is 17.9 Å². The summed E-state index contributed by atoms with van der Waals surface area (Å²) < 4.78 is 38.2. The molecule has 0 radical (unpaired) electrons. The van der Waals surface area contributed by atoms with E-state index >= 15 is 0 Å². The molecule has 4 aromatic rings. The summed E-state index contributed by atoms with van der Waals surface area (Å²) >= 11 is 0. The van der Waals surface area contributed by atoms with E-state index in [0.717, 1.165) is 42.7 Å². The SMILES string of the molecule is COc1cc2c(cc1Nc1nc(Nc3ccccc3NS(C)(=O)=O)c3cc[nH]c3n1)OC[C@H]1CN(C)CCN21. The summed E-state index contributed by atoms with van der Waals surface area (Å²) in [5.41, 5.74) is 3.25. The number of nitrogens with zero attached hydrogens (tertiary/aromatic N) is 4. The van der Waals surface area contributed by atoms with E-state index < -0.39 is 10.0 Å². The van der Waals surface area contributed by atoms with Crippen molar-refractivity contribution in [1.29, 1.82) is 0 Å². The van der Waals surface area contributed by atoms with Crippen LogP contribution in [0.15, 0.2) is 48.7 Å². The van der Waals surface area contributed by atoms with Gasteiger partial charge in [0.1, 0.15) is 29.6 Å². The second-order valence-corrected chi connectivity index (χ2v) is 11.5. The van der Waals surface area contributed by atoms with E-state index in [9.17, 15) is 8.42 Å². The molecule has 0 saturated carbocycles. The molecular weight excluding hydrogens is 520 g/mol. The van der Waals surface area contributed by atoms with Crippen molar-refractivity contribution in [3.63, 3.8) is 0 Å². The summed E-state index contributed by atoms with van der Waals surface area (Å²) in [4.78, 5) is 17.2. The van der Waals surface area contributed by atoms with Crippen LogP contribution >= 0.6 is 0 Å². The molecule has 0 unspecified atom stereocenters. The predicted octanol–water partition coefficient (Wildman–Crippen LogP) is 3.34. The van der Waals surface area contributed by atoms with Gasteiger partial charge in [0, 0.05) is 38.0 Å². The van der Waals surface area contributed by atoms with E-state index in [-0.39, 0.29) is 0 Å². The Balaban J connectivity index is 1.33. The van der Waals surface area contributed by atoms with E-state index in [1.54, 1.807) is 31.5 Å². The number of hydrogen-bond donors (Lipinski definition) is 4. The van der Waals surface area contributed by atoms with Crippen molar-refractivity contribution in [3.8, 4) is 11.5 Å². The van der Waals surface area contributed by atoms with Crippen molar-refractivity contribution in [2.75, 3.05) is 66.9 Å². The lowest BCUT2D eigenvalue weighted by Gasteiger charge is -2.44. The van der Waals surface area contributed by atoms with Gasteiger partial charge in [-0.15, -0.1) is 0 Å². The lowest BCUT2D eigenvalue weighted by atomic mass is 10.1. The minimum atomic E-state index is -3.47. The number of aromatic nitrogens is 3. The van der Waals surface area contributed by atoms with Crippen LogP contribution in [0.25, 0.3) is 11.0 Å². The Morgan fingerprint density at radius 3 is 2.69 bits per heavy atom. The lowest BCUT2D eigenvalue weighted by molar-refractivity contribution is 0.188. The van der Waals surface area contributed by atoms with E-state index in [1.807, 2.05) is 24.3 Å². The van der Waals surface area contributed by atoms with E-state index in [1.165, 1.54) is 0 Å². The average Bonchev–Trinajstić information content (AvgIpc) is 3.37. The van der Waals surface area contributed by atoms with Crippen LogP contribution in [0.2, 0.25) is 0 Å². The Hall–Kier alpha value is -4.23.